The van der Waals surface area contributed by atoms with Crippen LogP contribution in [-0.4, -0.2) is 18.0 Å². The number of anilines is 1. The molecular weight excluding hydrogens is 353 g/mol. The van der Waals surface area contributed by atoms with Gasteiger partial charge in [0.05, 0.1) is 11.7 Å². The van der Waals surface area contributed by atoms with E-state index >= 15 is 0 Å². The number of carbonyl (C=O) groups is 2. The van der Waals surface area contributed by atoms with Crippen molar-refractivity contribution in [2.24, 2.45) is 0 Å². The fourth-order valence-electron chi connectivity index (χ4n) is 2.88. The first-order valence-electron chi connectivity index (χ1n) is 8.54. The Bertz CT molecular complexity index is 853. The Hall–Kier alpha value is -2.47. The maximum atomic E-state index is 12.9. The quantitative estimate of drug-likeness (QED) is 0.616. The molecule has 1 N–H and O–H groups in total. The maximum absolute atomic E-state index is 12.9. The molecule has 0 fully saturated rings. The van der Waals surface area contributed by atoms with Gasteiger partial charge in [0.2, 0.25) is 5.91 Å². The predicted molar refractivity (Wildman–Crippen MR) is 101 cm³/mol. The third-order valence-electron chi connectivity index (χ3n) is 4.00. The summed E-state index contributed by atoms with van der Waals surface area (Å²) in [5.74, 6) is -1.06. The zero-order valence-corrected chi connectivity index (χ0v) is 15.5. The average molecular weight is 373 g/mol. The van der Waals surface area contributed by atoms with Gasteiger partial charge in [0.15, 0.2) is 0 Å². The van der Waals surface area contributed by atoms with Crippen LogP contribution >= 0.6 is 11.3 Å². The van der Waals surface area contributed by atoms with E-state index in [2.05, 4.69) is 5.32 Å². The lowest BCUT2D eigenvalue weighted by Crippen LogP contribution is -2.16. The highest BCUT2D eigenvalue weighted by molar-refractivity contribution is 7.17. The van der Waals surface area contributed by atoms with Gasteiger partial charge < -0.3 is 10.1 Å². The Morgan fingerprint density at radius 2 is 1.96 bits per heavy atom. The molecule has 3 rings (SSSR count). The second kappa shape index (κ2) is 7.83. The van der Waals surface area contributed by atoms with Crippen molar-refractivity contribution in [2.45, 2.75) is 39.2 Å². The lowest BCUT2D eigenvalue weighted by Gasteiger charge is -2.10. The minimum Gasteiger partial charge on any atom is -0.459 e. The van der Waals surface area contributed by atoms with E-state index in [1.807, 2.05) is 0 Å². The average Bonchev–Trinajstić information content (AvgIpc) is 3.14. The highest BCUT2D eigenvalue weighted by atomic mass is 32.1. The van der Waals surface area contributed by atoms with Crippen LogP contribution in [0.1, 0.15) is 46.6 Å². The fraction of sp³-hybridized carbons (Fsp3) is 0.300. The molecule has 4 nitrogen and oxygen atoms in total. The monoisotopic (exact) mass is 373 g/mol. The lowest BCUT2D eigenvalue weighted by atomic mass is 10.1. The third kappa shape index (κ3) is 4.19. The van der Waals surface area contributed by atoms with Crippen molar-refractivity contribution in [2.75, 3.05) is 5.32 Å². The molecule has 1 aromatic heterocycles. The van der Waals surface area contributed by atoms with Crippen LogP contribution in [0.15, 0.2) is 30.3 Å². The molecule has 0 unspecified atom stereocenters. The number of fused-ring (bicyclic) bond motifs is 1. The second-order valence-electron chi connectivity index (χ2n) is 6.39. The van der Waals surface area contributed by atoms with Crippen LogP contribution in [0.25, 0.3) is 6.08 Å². The molecule has 1 amide bonds. The van der Waals surface area contributed by atoms with Crippen LogP contribution in [-0.2, 0) is 22.4 Å². The first-order chi connectivity index (χ1) is 12.4. The number of halogens is 1. The van der Waals surface area contributed by atoms with Gasteiger partial charge in [-0.15, -0.1) is 11.3 Å². The Morgan fingerprint density at radius 1 is 1.23 bits per heavy atom. The first-order valence-corrected chi connectivity index (χ1v) is 9.36. The number of hydrogen-bond acceptors (Lipinski definition) is 4. The van der Waals surface area contributed by atoms with Gasteiger partial charge in [-0.25, -0.2) is 9.18 Å². The van der Waals surface area contributed by atoms with Crippen LogP contribution in [0.2, 0.25) is 0 Å². The number of carbonyl (C=O) groups excluding carboxylic acids is 2. The molecular formula is C20H20FNO3S. The van der Waals surface area contributed by atoms with Crippen LogP contribution in [0.5, 0.6) is 0 Å². The zero-order valence-electron chi connectivity index (χ0n) is 14.7. The zero-order chi connectivity index (χ0) is 18.7. The number of amides is 1. The SMILES string of the molecule is CC(C)OC(=O)c1c(NC(=O)/C=C/c2ccc(F)cc2)sc2c1CCC2. The molecule has 0 saturated heterocycles. The minimum atomic E-state index is -0.391. The first kappa shape index (κ1) is 18.3. The third-order valence-corrected chi connectivity index (χ3v) is 5.21. The van der Waals surface area contributed by atoms with E-state index in [4.69, 9.17) is 4.74 Å². The van der Waals surface area contributed by atoms with E-state index < -0.39 is 5.97 Å². The number of hydrogen-bond donors (Lipinski definition) is 1. The minimum absolute atomic E-state index is 0.221. The summed E-state index contributed by atoms with van der Waals surface area (Å²) in [6, 6.07) is 5.84. The summed E-state index contributed by atoms with van der Waals surface area (Å²) in [4.78, 5) is 25.9. The van der Waals surface area contributed by atoms with Crippen molar-refractivity contribution in [3.05, 3.63) is 57.7 Å². The highest BCUT2D eigenvalue weighted by Crippen LogP contribution is 2.39. The number of rotatable bonds is 5. The maximum Gasteiger partial charge on any atom is 0.341 e. The second-order valence-corrected chi connectivity index (χ2v) is 7.49. The van der Waals surface area contributed by atoms with Crippen LogP contribution in [0.4, 0.5) is 9.39 Å². The van der Waals surface area contributed by atoms with Gasteiger partial charge >= 0.3 is 5.97 Å². The normalized spacial score (nSPS) is 13.2. The van der Waals surface area contributed by atoms with Gasteiger partial charge in [-0.2, -0.15) is 0 Å². The molecule has 0 radical (unpaired) electrons. The molecule has 0 atom stereocenters. The molecule has 6 heteroatoms. The molecule has 1 heterocycles. The van der Waals surface area contributed by atoms with Crippen molar-refractivity contribution in [1.82, 2.24) is 0 Å². The fourth-order valence-corrected chi connectivity index (χ4v) is 4.16. The van der Waals surface area contributed by atoms with Gasteiger partial charge in [0.25, 0.3) is 0 Å². The molecule has 136 valence electrons. The van der Waals surface area contributed by atoms with Crippen molar-refractivity contribution in [3.63, 3.8) is 0 Å². The smallest absolute Gasteiger partial charge is 0.341 e. The standard InChI is InChI=1S/C20H20FNO3S/c1-12(2)25-20(24)18-15-4-3-5-16(15)26-19(18)22-17(23)11-8-13-6-9-14(21)10-7-13/h6-12H,3-5H2,1-2H3,(H,22,23)/b11-8+. The van der Waals surface area contributed by atoms with Crippen molar-refractivity contribution in [3.8, 4) is 0 Å². The van der Waals surface area contributed by atoms with E-state index in [0.29, 0.717) is 10.6 Å². The van der Waals surface area contributed by atoms with Gasteiger partial charge in [0, 0.05) is 11.0 Å². The largest absolute Gasteiger partial charge is 0.459 e. The van der Waals surface area contributed by atoms with Gasteiger partial charge in [-0.3, -0.25) is 4.79 Å². The molecule has 0 saturated carbocycles. The van der Waals surface area contributed by atoms with Crippen LogP contribution < -0.4 is 5.32 Å². The Labute approximate surface area is 155 Å². The lowest BCUT2D eigenvalue weighted by molar-refractivity contribution is -0.111. The molecule has 0 bridgehead atoms. The summed E-state index contributed by atoms with van der Waals surface area (Å²) in [5, 5.41) is 3.33. The van der Waals surface area contributed by atoms with Gasteiger partial charge in [-0.1, -0.05) is 12.1 Å². The van der Waals surface area contributed by atoms with E-state index in [9.17, 15) is 14.0 Å². The van der Waals surface area contributed by atoms with Crippen molar-refractivity contribution in [1.29, 1.82) is 0 Å². The summed E-state index contributed by atoms with van der Waals surface area (Å²) < 4.78 is 18.3. The number of nitrogens with one attached hydrogen (secondary N) is 1. The predicted octanol–water partition coefficient (Wildman–Crippen LogP) is 4.59. The number of aryl methyl sites for hydroxylation is 1. The van der Waals surface area contributed by atoms with Gasteiger partial charge in [-0.05, 0) is 62.4 Å². The summed E-state index contributed by atoms with van der Waals surface area (Å²) in [5.41, 5.74) is 2.20. The Balaban J connectivity index is 1.77. The summed E-state index contributed by atoms with van der Waals surface area (Å²) in [7, 11) is 0. The molecule has 1 aromatic carbocycles. The van der Waals surface area contributed by atoms with Crippen LogP contribution in [0, 0.1) is 5.82 Å². The summed E-state index contributed by atoms with van der Waals surface area (Å²) >= 11 is 1.44. The molecule has 1 aliphatic carbocycles. The van der Waals surface area contributed by atoms with Gasteiger partial charge in [0.1, 0.15) is 10.8 Å². The molecule has 0 aliphatic heterocycles. The van der Waals surface area contributed by atoms with Crippen LogP contribution in [0.3, 0.4) is 0 Å². The number of benzene rings is 1. The molecule has 1 aliphatic rings. The summed E-state index contributed by atoms with van der Waals surface area (Å²) in [6.07, 6.45) is 5.51. The highest BCUT2D eigenvalue weighted by Gasteiger charge is 2.28. The Kier molecular flexibility index (Phi) is 5.52. The molecule has 2 aromatic rings. The number of ether oxygens (including phenoxy) is 1. The van der Waals surface area contributed by atoms with Crippen molar-refractivity contribution >= 4 is 34.3 Å². The summed E-state index contributed by atoms with van der Waals surface area (Å²) in [6.45, 7) is 3.60. The van der Waals surface area contributed by atoms with E-state index in [0.717, 1.165) is 35.3 Å². The number of esters is 1. The van der Waals surface area contributed by atoms with E-state index in [1.165, 1.54) is 29.5 Å². The van der Waals surface area contributed by atoms with E-state index in [-0.39, 0.29) is 17.8 Å². The van der Waals surface area contributed by atoms with Crippen molar-refractivity contribution < 1.29 is 18.7 Å². The topological polar surface area (TPSA) is 55.4 Å². The number of thiophene rings is 1. The molecule has 0 spiro atoms. The molecule has 26 heavy (non-hydrogen) atoms. The Morgan fingerprint density at radius 3 is 2.65 bits per heavy atom. The van der Waals surface area contributed by atoms with E-state index in [1.54, 1.807) is 32.1 Å².